The molecule has 1 aromatic carbocycles. The van der Waals surface area contributed by atoms with Crippen LogP contribution >= 0.6 is 11.3 Å². The summed E-state index contributed by atoms with van der Waals surface area (Å²) in [4.78, 5) is 15.9. The minimum Gasteiger partial charge on any atom is -0.623 e. The summed E-state index contributed by atoms with van der Waals surface area (Å²) >= 11 is 1.43. The third-order valence-electron chi connectivity index (χ3n) is 3.89. The Kier molecular flexibility index (Phi) is 3.20. The summed E-state index contributed by atoms with van der Waals surface area (Å²) in [5.74, 6) is 0.615. The Bertz CT molecular complexity index is 989. The number of aryl methyl sites for hydroxylation is 1. The second-order valence-electron chi connectivity index (χ2n) is 5.49. The summed E-state index contributed by atoms with van der Waals surface area (Å²) in [6, 6.07) is 8.27. The first kappa shape index (κ1) is 14.6. The third-order valence-corrected chi connectivity index (χ3v) is 4.77. The largest absolute Gasteiger partial charge is 0.623 e. The minimum atomic E-state index is -0.452. The van der Waals surface area contributed by atoms with E-state index in [0.717, 1.165) is 21.0 Å². The number of rotatable bonds is 2. The van der Waals surface area contributed by atoms with Crippen molar-refractivity contribution in [3.63, 3.8) is 0 Å². The molecule has 24 heavy (non-hydrogen) atoms. The van der Waals surface area contributed by atoms with Gasteiger partial charge >= 0.3 is 0 Å². The molecule has 1 aliphatic heterocycles. The van der Waals surface area contributed by atoms with Crippen LogP contribution in [0, 0.1) is 22.2 Å². The zero-order valence-electron chi connectivity index (χ0n) is 12.7. The highest BCUT2D eigenvalue weighted by Gasteiger charge is 2.29. The van der Waals surface area contributed by atoms with Crippen LogP contribution in [0.5, 0.6) is 0 Å². The van der Waals surface area contributed by atoms with Gasteiger partial charge in [-0.2, -0.15) is 4.74 Å². The lowest BCUT2D eigenvalue weighted by Crippen LogP contribution is -2.16. The molecule has 2 aromatic heterocycles. The summed E-state index contributed by atoms with van der Waals surface area (Å²) in [5.41, 5.74) is 2.45. The van der Waals surface area contributed by atoms with Crippen LogP contribution in [0.25, 0.3) is 5.69 Å². The highest BCUT2D eigenvalue weighted by Crippen LogP contribution is 2.29. The van der Waals surface area contributed by atoms with E-state index >= 15 is 0 Å². The van der Waals surface area contributed by atoms with Crippen molar-refractivity contribution >= 4 is 22.7 Å². The van der Waals surface area contributed by atoms with Gasteiger partial charge in [-0.15, -0.1) is 11.3 Å². The number of hydrogen-bond acceptors (Lipinski definition) is 5. The molecule has 120 valence electrons. The number of hydrogen-bond donors (Lipinski definition) is 0. The number of hydroxylamine groups is 1. The maximum Gasteiger partial charge on any atom is 0.270 e. The molecule has 0 N–H and O–H groups in total. The second kappa shape index (κ2) is 5.27. The summed E-state index contributed by atoms with van der Waals surface area (Å²) < 4.78 is 2.69. The van der Waals surface area contributed by atoms with Crippen molar-refractivity contribution in [3.05, 3.63) is 79.2 Å². The van der Waals surface area contributed by atoms with Crippen molar-refractivity contribution < 1.29 is 9.66 Å². The van der Waals surface area contributed by atoms with Gasteiger partial charge in [0.15, 0.2) is 5.82 Å². The summed E-state index contributed by atoms with van der Waals surface area (Å²) in [7, 11) is 0. The normalized spacial score (nSPS) is 13.4. The van der Waals surface area contributed by atoms with Gasteiger partial charge in [0, 0.05) is 18.3 Å². The highest BCUT2D eigenvalue weighted by atomic mass is 32.1. The van der Waals surface area contributed by atoms with E-state index in [0.29, 0.717) is 17.1 Å². The zero-order chi connectivity index (χ0) is 16.8. The molecule has 0 amide bonds. The van der Waals surface area contributed by atoms with Gasteiger partial charge < -0.3 is 5.21 Å². The molecule has 0 saturated heterocycles. The molecule has 0 bridgehead atoms. The number of benzene rings is 1. The number of aromatic nitrogens is 2. The lowest BCUT2D eigenvalue weighted by atomic mass is 10.0. The fourth-order valence-electron chi connectivity index (χ4n) is 2.92. The van der Waals surface area contributed by atoms with E-state index in [1.807, 2.05) is 35.2 Å². The zero-order valence-corrected chi connectivity index (χ0v) is 13.5. The fraction of sp³-hybridized carbons (Fsp3) is 0.125. The topological polar surface area (TPSA) is 87.0 Å². The van der Waals surface area contributed by atoms with Gasteiger partial charge in [0.25, 0.3) is 5.69 Å². The standard InChI is InChI=1S/C16H12N4O3S/c1-10-8-18-13-5-4-11(20(22)23)7-12(13)16(14-3-2-6-24-14)19(21)9-15(18)17-10/h2-8H,9H2,1H3. The number of non-ortho nitro benzene ring substituents is 1. The average molecular weight is 340 g/mol. The number of nitro groups is 1. The number of fused-ring (bicyclic) bond motifs is 3. The Morgan fingerprint density at radius 3 is 2.92 bits per heavy atom. The molecular weight excluding hydrogens is 328 g/mol. The van der Waals surface area contributed by atoms with Crippen LogP contribution in [-0.4, -0.2) is 24.9 Å². The SMILES string of the molecule is Cc1cn2c(n1)C[N+]([O-])=C(c1cccs1)c1cc([N+](=O)[O-])ccc1-2. The molecule has 3 heterocycles. The van der Waals surface area contributed by atoms with Crippen LogP contribution in [0.4, 0.5) is 5.69 Å². The molecule has 4 rings (SSSR count). The van der Waals surface area contributed by atoms with Gasteiger partial charge in [-0.25, -0.2) is 4.98 Å². The molecular formula is C16H12N4O3S. The van der Waals surface area contributed by atoms with Gasteiger partial charge in [0.1, 0.15) is 4.88 Å². The van der Waals surface area contributed by atoms with Crippen molar-refractivity contribution in [3.8, 4) is 5.69 Å². The van der Waals surface area contributed by atoms with Crippen molar-refractivity contribution in [2.24, 2.45) is 0 Å². The molecule has 0 saturated carbocycles. The number of thiophene rings is 1. The Hall–Kier alpha value is -3.00. The molecule has 1 aliphatic rings. The molecule has 8 heteroatoms. The van der Waals surface area contributed by atoms with Crippen LogP contribution in [0.2, 0.25) is 0 Å². The second-order valence-corrected chi connectivity index (χ2v) is 6.44. The predicted molar refractivity (Wildman–Crippen MR) is 89.8 cm³/mol. The molecule has 0 radical (unpaired) electrons. The molecule has 0 fully saturated rings. The highest BCUT2D eigenvalue weighted by molar-refractivity contribution is 7.12. The monoisotopic (exact) mass is 340 g/mol. The molecule has 0 unspecified atom stereocenters. The quantitative estimate of drug-likeness (QED) is 0.310. The fourth-order valence-corrected chi connectivity index (χ4v) is 3.70. The smallest absolute Gasteiger partial charge is 0.270 e. The van der Waals surface area contributed by atoms with Crippen LogP contribution < -0.4 is 0 Å². The predicted octanol–water partition coefficient (Wildman–Crippen LogP) is 3.01. The molecule has 0 atom stereocenters. The van der Waals surface area contributed by atoms with Crippen molar-refractivity contribution in [1.29, 1.82) is 0 Å². The van der Waals surface area contributed by atoms with Crippen LogP contribution in [0.1, 0.15) is 22.0 Å². The van der Waals surface area contributed by atoms with E-state index in [-0.39, 0.29) is 12.2 Å². The minimum absolute atomic E-state index is 0.0449. The van der Waals surface area contributed by atoms with Crippen LogP contribution in [-0.2, 0) is 6.54 Å². The van der Waals surface area contributed by atoms with Crippen molar-refractivity contribution in [2.45, 2.75) is 13.5 Å². The van der Waals surface area contributed by atoms with Gasteiger partial charge in [0.2, 0.25) is 12.3 Å². The summed E-state index contributed by atoms with van der Waals surface area (Å²) in [6.07, 6.45) is 1.84. The maximum absolute atomic E-state index is 12.8. The van der Waals surface area contributed by atoms with E-state index in [1.54, 1.807) is 6.07 Å². The van der Waals surface area contributed by atoms with E-state index in [9.17, 15) is 15.3 Å². The Morgan fingerprint density at radius 1 is 1.38 bits per heavy atom. The van der Waals surface area contributed by atoms with E-state index < -0.39 is 4.92 Å². The maximum atomic E-state index is 12.8. The first-order chi connectivity index (χ1) is 11.5. The van der Waals surface area contributed by atoms with Gasteiger partial charge in [0.05, 0.1) is 21.9 Å². The molecule has 7 nitrogen and oxygen atoms in total. The first-order valence-electron chi connectivity index (χ1n) is 7.24. The first-order valence-corrected chi connectivity index (χ1v) is 8.12. The number of nitro benzene ring substituents is 1. The van der Waals surface area contributed by atoms with E-state index in [2.05, 4.69) is 4.98 Å². The lowest BCUT2D eigenvalue weighted by Gasteiger charge is -2.09. The Balaban J connectivity index is 2.06. The van der Waals surface area contributed by atoms with Crippen LogP contribution in [0.15, 0.2) is 41.9 Å². The third kappa shape index (κ3) is 2.19. The summed E-state index contributed by atoms with van der Waals surface area (Å²) in [5, 5.41) is 25.9. The number of nitrogens with zero attached hydrogens (tertiary/aromatic N) is 4. The van der Waals surface area contributed by atoms with Gasteiger partial charge in [-0.1, -0.05) is 6.07 Å². The molecule has 3 aromatic rings. The average Bonchev–Trinajstić information content (AvgIpc) is 3.15. The van der Waals surface area contributed by atoms with Gasteiger partial charge in [-0.3, -0.25) is 14.7 Å². The lowest BCUT2D eigenvalue weighted by molar-refractivity contribution is -0.475. The van der Waals surface area contributed by atoms with Crippen molar-refractivity contribution in [2.75, 3.05) is 0 Å². The Labute approximate surface area is 140 Å². The molecule has 0 aliphatic carbocycles. The van der Waals surface area contributed by atoms with E-state index in [1.165, 1.54) is 23.5 Å². The van der Waals surface area contributed by atoms with Crippen LogP contribution in [0.3, 0.4) is 0 Å². The molecule has 0 spiro atoms. The van der Waals surface area contributed by atoms with Crippen molar-refractivity contribution in [1.82, 2.24) is 9.55 Å². The van der Waals surface area contributed by atoms with E-state index in [4.69, 9.17) is 0 Å². The number of imidazole rings is 1. The Morgan fingerprint density at radius 2 is 2.21 bits per heavy atom. The van der Waals surface area contributed by atoms with Gasteiger partial charge in [-0.05, 0) is 24.4 Å². The summed E-state index contributed by atoms with van der Waals surface area (Å²) in [6.45, 7) is 1.94.